The van der Waals surface area contributed by atoms with Gasteiger partial charge in [-0.25, -0.2) is 9.18 Å². The molecule has 4 rings (SSSR count). The smallest absolute Gasteiger partial charge is 0.339 e. The topological polar surface area (TPSA) is 39.4 Å². The number of hydrogen-bond donors (Lipinski definition) is 0. The zero-order valence-electron chi connectivity index (χ0n) is 12.5. The van der Waals surface area contributed by atoms with Gasteiger partial charge in [0.2, 0.25) is 0 Å². The van der Waals surface area contributed by atoms with Crippen molar-refractivity contribution < 1.29 is 13.5 Å². The molecule has 0 N–H and O–H groups in total. The highest BCUT2D eigenvalue weighted by atomic mass is 19.1. The molecule has 2 aromatic carbocycles. The predicted molar refractivity (Wildman–Crippen MR) is 85.2 cm³/mol. The highest BCUT2D eigenvalue weighted by Gasteiger charge is 2.19. The molecule has 0 amide bonds. The van der Waals surface area contributed by atoms with Crippen molar-refractivity contribution in [1.29, 1.82) is 0 Å². The van der Waals surface area contributed by atoms with Gasteiger partial charge in [0.1, 0.15) is 23.8 Å². The summed E-state index contributed by atoms with van der Waals surface area (Å²) in [6.07, 6.45) is 2.69. The van der Waals surface area contributed by atoms with Crippen molar-refractivity contribution in [3.8, 4) is 5.75 Å². The quantitative estimate of drug-likeness (QED) is 0.686. The lowest BCUT2D eigenvalue weighted by Gasteiger charge is -2.09. The average Bonchev–Trinajstić information content (AvgIpc) is 3.04. The van der Waals surface area contributed by atoms with E-state index in [4.69, 9.17) is 9.15 Å². The number of rotatable bonds is 3. The van der Waals surface area contributed by atoms with Crippen LogP contribution in [0.1, 0.15) is 23.1 Å². The van der Waals surface area contributed by atoms with Gasteiger partial charge in [-0.05, 0) is 43.0 Å². The normalized spacial score (nSPS) is 13.3. The van der Waals surface area contributed by atoms with Gasteiger partial charge < -0.3 is 9.15 Å². The van der Waals surface area contributed by atoms with E-state index in [-0.39, 0.29) is 18.0 Å². The fourth-order valence-corrected chi connectivity index (χ4v) is 3.13. The van der Waals surface area contributed by atoms with E-state index < -0.39 is 0 Å². The summed E-state index contributed by atoms with van der Waals surface area (Å²) in [5, 5.41) is 0.968. The molecule has 0 atom stereocenters. The Labute approximate surface area is 132 Å². The van der Waals surface area contributed by atoms with E-state index in [9.17, 15) is 9.18 Å². The molecule has 0 spiro atoms. The van der Waals surface area contributed by atoms with Crippen molar-refractivity contribution in [3.63, 3.8) is 0 Å². The lowest BCUT2D eigenvalue weighted by atomic mass is 10.1. The first-order valence-corrected chi connectivity index (χ1v) is 7.67. The molecule has 3 aromatic rings. The first-order chi connectivity index (χ1) is 11.2. The molecular weight excluding hydrogens is 295 g/mol. The molecule has 0 bridgehead atoms. The highest BCUT2D eigenvalue weighted by molar-refractivity contribution is 5.83. The van der Waals surface area contributed by atoms with Crippen LogP contribution in [0.4, 0.5) is 4.39 Å². The Bertz CT molecular complexity index is 943. The van der Waals surface area contributed by atoms with Crippen LogP contribution < -0.4 is 10.4 Å². The number of aryl methyl sites for hydroxylation is 1. The number of hydrogen-bond acceptors (Lipinski definition) is 3. The SMILES string of the molecule is O=c1oc2cc(OCc3ccccc3F)ccc2c2c1CCC2. The molecule has 23 heavy (non-hydrogen) atoms. The molecule has 1 heterocycles. The molecule has 1 aliphatic rings. The first-order valence-electron chi connectivity index (χ1n) is 7.67. The van der Waals surface area contributed by atoms with Crippen LogP contribution in [0.15, 0.2) is 51.7 Å². The van der Waals surface area contributed by atoms with E-state index in [1.54, 1.807) is 24.3 Å². The lowest BCUT2D eigenvalue weighted by molar-refractivity contribution is 0.300. The van der Waals surface area contributed by atoms with E-state index in [0.29, 0.717) is 16.9 Å². The minimum absolute atomic E-state index is 0.132. The van der Waals surface area contributed by atoms with Gasteiger partial charge in [0, 0.05) is 22.6 Å². The molecule has 0 radical (unpaired) electrons. The van der Waals surface area contributed by atoms with Gasteiger partial charge >= 0.3 is 5.63 Å². The van der Waals surface area contributed by atoms with Crippen molar-refractivity contribution >= 4 is 11.0 Å². The summed E-state index contributed by atoms with van der Waals surface area (Å²) < 4.78 is 24.7. The Morgan fingerprint density at radius 1 is 1.09 bits per heavy atom. The number of halogens is 1. The van der Waals surface area contributed by atoms with Gasteiger partial charge in [-0.1, -0.05) is 18.2 Å². The maximum Gasteiger partial charge on any atom is 0.339 e. The van der Waals surface area contributed by atoms with Gasteiger partial charge in [-0.15, -0.1) is 0 Å². The Hall–Kier alpha value is -2.62. The second-order valence-corrected chi connectivity index (χ2v) is 5.74. The van der Waals surface area contributed by atoms with Gasteiger partial charge in [-0.2, -0.15) is 0 Å². The van der Waals surface area contributed by atoms with E-state index in [1.807, 2.05) is 12.1 Å². The first kappa shape index (κ1) is 14.0. The lowest BCUT2D eigenvalue weighted by Crippen LogP contribution is -2.07. The van der Waals surface area contributed by atoms with Crippen molar-refractivity contribution in [2.45, 2.75) is 25.9 Å². The van der Waals surface area contributed by atoms with Gasteiger partial charge in [-0.3, -0.25) is 0 Å². The minimum Gasteiger partial charge on any atom is -0.489 e. The Balaban J connectivity index is 1.66. The summed E-state index contributed by atoms with van der Waals surface area (Å²) in [6, 6.07) is 12.0. The summed E-state index contributed by atoms with van der Waals surface area (Å²) in [7, 11) is 0. The van der Waals surface area contributed by atoms with Crippen LogP contribution in [-0.2, 0) is 19.4 Å². The van der Waals surface area contributed by atoms with E-state index in [2.05, 4.69) is 0 Å². The highest BCUT2D eigenvalue weighted by Crippen LogP contribution is 2.29. The number of benzene rings is 2. The van der Waals surface area contributed by atoms with Crippen LogP contribution in [-0.4, -0.2) is 0 Å². The maximum absolute atomic E-state index is 13.6. The molecule has 4 heteroatoms. The van der Waals surface area contributed by atoms with Crippen molar-refractivity contribution in [1.82, 2.24) is 0 Å². The van der Waals surface area contributed by atoms with Crippen LogP contribution in [0.5, 0.6) is 5.75 Å². The molecule has 0 fully saturated rings. The molecule has 116 valence electrons. The molecule has 0 unspecified atom stereocenters. The third-order valence-corrected chi connectivity index (χ3v) is 4.30. The van der Waals surface area contributed by atoms with Crippen molar-refractivity contribution in [2.75, 3.05) is 0 Å². The number of ether oxygens (including phenoxy) is 1. The summed E-state index contributed by atoms with van der Waals surface area (Å²) in [6.45, 7) is 0.132. The third kappa shape index (κ3) is 2.50. The Morgan fingerprint density at radius 3 is 2.78 bits per heavy atom. The Kier molecular flexibility index (Phi) is 3.37. The third-order valence-electron chi connectivity index (χ3n) is 4.30. The molecule has 1 aliphatic carbocycles. The van der Waals surface area contributed by atoms with Crippen LogP contribution in [0.25, 0.3) is 11.0 Å². The fourth-order valence-electron chi connectivity index (χ4n) is 3.13. The van der Waals surface area contributed by atoms with Crippen molar-refractivity contribution in [2.24, 2.45) is 0 Å². The van der Waals surface area contributed by atoms with Gasteiger partial charge in [0.25, 0.3) is 0 Å². The van der Waals surface area contributed by atoms with Crippen LogP contribution in [0.3, 0.4) is 0 Å². The summed E-state index contributed by atoms with van der Waals surface area (Å²) in [4.78, 5) is 12.0. The van der Waals surface area contributed by atoms with E-state index in [0.717, 1.165) is 35.8 Å². The molecule has 3 nitrogen and oxygen atoms in total. The standard InChI is InChI=1S/C19H15FO3/c20-17-7-2-1-4-12(17)11-22-13-8-9-15-14-5-3-6-16(14)19(21)23-18(15)10-13/h1-2,4,7-10H,3,5-6,11H2. The molecule has 0 aliphatic heterocycles. The summed E-state index contributed by atoms with van der Waals surface area (Å²) in [5.74, 6) is 0.263. The van der Waals surface area contributed by atoms with E-state index >= 15 is 0 Å². The minimum atomic E-state index is -0.294. The van der Waals surface area contributed by atoms with Crippen LogP contribution >= 0.6 is 0 Å². The molecule has 1 aromatic heterocycles. The van der Waals surface area contributed by atoms with Gasteiger partial charge in [0.05, 0.1) is 0 Å². The summed E-state index contributed by atoms with van der Waals surface area (Å²) >= 11 is 0. The van der Waals surface area contributed by atoms with Gasteiger partial charge in [0.15, 0.2) is 0 Å². The molecular formula is C19H15FO3. The largest absolute Gasteiger partial charge is 0.489 e. The average molecular weight is 310 g/mol. The second kappa shape index (κ2) is 5.54. The van der Waals surface area contributed by atoms with Crippen LogP contribution in [0.2, 0.25) is 0 Å². The number of fused-ring (bicyclic) bond motifs is 3. The zero-order valence-corrected chi connectivity index (χ0v) is 12.5. The Morgan fingerprint density at radius 2 is 1.91 bits per heavy atom. The predicted octanol–water partition coefficient (Wildman–Crippen LogP) is 4.00. The van der Waals surface area contributed by atoms with E-state index in [1.165, 1.54) is 6.07 Å². The summed E-state index contributed by atoms with van der Waals surface area (Å²) in [5.41, 5.74) is 2.66. The maximum atomic E-state index is 13.6. The molecule has 0 saturated carbocycles. The fraction of sp³-hybridized carbons (Fsp3) is 0.211. The second-order valence-electron chi connectivity index (χ2n) is 5.74. The zero-order chi connectivity index (χ0) is 15.8. The monoisotopic (exact) mass is 310 g/mol. The van der Waals surface area contributed by atoms with Crippen LogP contribution in [0, 0.1) is 5.82 Å². The van der Waals surface area contributed by atoms with Crippen molar-refractivity contribution in [3.05, 3.63) is 75.4 Å². The molecule has 0 saturated heterocycles.